The maximum absolute atomic E-state index is 9.88. The molecule has 4 atom stereocenters. The van der Waals surface area contributed by atoms with Crippen LogP contribution in [-0.2, 0) is 0 Å². The van der Waals surface area contributed by atoms with Gasteiger partial charge in [-0.25, -0.2) is 0 Å². The highest BCUT2D eigenvalue weighted by molar-refractivity contribution is 7.16. The van der Waals surface area contributed by atoms with Crippen molar-refractivity contribution < 1.29 is 0 Å². The number of hydrogen-bond donors (Lipinski definition) is 1. The first-order valence-electron chi connectivity index (χ1n) is 8.96. The molecule has 0 bridgehead atoms. The van der Waals surface area contributed by atoms with E-state index in [4.69, 9.17) is 17.0 Å². The summed E-state index contributed by atoms with van der Waals surface area (Å²) in [5.74, 6) is -0.784. The molecule has 1 aromatic heterocycles. The molecule has 0 aromatic carbocycles. The van der Waals surface area contributed by atoms with Gasteiger partial charge in [-0.05, 0) is 47.8 Å². The molecule has 2 aliphatic carbocycles. The molecule has 1 heterocycles. The number of fused-ring (bicyclic) bond motifs is 1. The van der Waals surface area contributed by atoms with Gasteiger partial charge in [-0.15, -0.1) is 11.3 Å². The molecule has 1 fully saturated rings. The van der Waals surface area contributed by atoms with Gasteiger partial charge in [0.05, 0.1) is 34.2 Å². The van der Waals surface area contributed by atoms with E-state index in [1.54, 1.807) is 0 Å². The highest BCUT2D eigenvalue weighted by Crippen LogP contribution is 2.57. The summed E-state index contributed by atoms with van der Waals surface area (Å²) in [6, 6.07) is 10.1. The Morgan fingerprint density at radius 2 is 1.89 bits per heavy atom. The van der Waals surface area contributed by atoms with Gasteiger partial charge in [-0.1, -0.05) is 38.4 Å². The molecule has 0 amide bonds. The van der Waals surface area contributed by atoms with Crippen LogP contribution in [0.25, 0.3) is 0 Å². The third kappa shape index (κ3) is 2.98. The summed E-state index contributed by atoms with van der Waals surface area (Å²) in [4.78, 5) is 0.950. The van der Waals surface area contributed by atoms with Crippen molar-refractivity contribution >= 4 is 28.6 Å². The van der Waals surface area contributed by atoms with Crippen LogP contribution in [0.1, 0.15) is 44.4 Å². The Morgan fingerprint density at radius 1 is 1.22 bits per heavy atom. The fraction of sp³-hybridized carbons (Fsp3) is 0.524. The van der Waals surface area contributed by atoms with E-state index in [9.17, 15) is 15.8 Å². The van der Waals surface area contributed by atoms with E-state index >= 15 is 0 Å². The van der Waals surface area contributed by atoms with Crippen LogP contribution >= 0.6 is 22.9 Å². The average molecular weight is 397 g/mol. The Bertz CT molecular complexity index is 917. The zero-order chi connectivity index (χ0) is 20.0. The van der Waals surface area contributed by atoms with E-state index in [2.05, 4.69) is 39.0 Å². The standard InChI is InChI=1S/C21H21ClN4S/c1-20(2,3)12-4-5-15-13(8-12)18(16-6-7-17(22)27-16)14(9-23)19(26)21(15,10-24)11-25/h5-7,12-14,18,26H,4,8H2,1-3H3/t12-,13+,14-,18+/m1/s1. The Hall–Kier alpha value is -2.13. The molecule has 4 nitrogen and oxygen atoms in total. The summed E-state index contributed by atoms with van der Waals surface area (Å²) in [6.45, 7) is 6.59. The van der Waals surface area contributed by atoms with Gasteiger partial charge in [0, 0.05) is 10.8 Å². The third-order valence-corrected chi connectivity index (χ3v) is 7.46. The van der Waals surface area contributed by atoms with Crippen LogP contribution < -0.4 is 0 Å². The largest absolute Gasteiger partial charge is 0.305 e. The number of nitrogens with one attached hydrogen (secondary N) is 1. The molecule has 0 aliphatic heterocycles. The van der Waals surface area contributed by atoms with E-state index in [1.165, 1.54) is 11.3 Å². The minimum absolute atomic E-state index is 0.0781. The summed E-state index contributed by atoms with van der Waals surface area (Å²) in [5, 5.41) is 38.2. The lowest BCUT2D eigenvalue weighted by atomic mass is 9.52. The van der Waals surface area contributed by atoms with Gasteiger partial charge in [0.25, 0.3) is 0 Å². The van der Waals surface area contributed by atoms with E-state index in [0.717, 1.165) is 17.7 Å². The van der Waals surface area contributed by atoms with Crippen molar-refractivity contribution in [1.29, 1.82) is 21.2 Å². The predicted octanol–water partition coefficient (Wildman–Crippen LogP) is 5.69. The molecule has 27 heavy (non-hydrogen) atoms. The van der Waals surface area contributed by atoms with Gasteiger partial charge in [0.1, 0.15) is 0 Å². The van der Waals surface area contributed by atoms with Crippen LogP contribution in [0.2, 0.25) is 4.34 Å². The lowest BCUT2D eigenvalue weighted by molar-refractivity contribution is 0.172. The summed E-state index contributed by atoms with van der Waals surface area (Å²) < 4.78 is 0.638. The van der Waals surface area contributed by atoms with Crippen molar-refractivity contribution in [3.05, 3.63) is 33.0 Å². The fourth-order valence-electron chi connectivity index (χ4n) is 4.52. The first-order chi connectivity index (χ1) is 12.7. The lowest BCUT2D eigenvalue weighted by Crippen LogP contribution is -2.49. The van der Waals surface area contributed by atoms with E-state index in [1.807, 2.05) is 18.2 Å². The van der Waals surface area contributed by atoms with E-state index < -0.39 is 11.3 Å². The SMILES string of the molecule is CC(C)(C)[C@@H]1CC=C2[C@H](C1)[C@H](c1ccc(Cl)s1)[C@@H](C#N)C(=N)C2(C#N)C#N. The summed E-state index contributed by atoms with van der Waals surface area (Å²) in [7, 11) is 0. The third-order valence-electron chi connectivity index (χ3n) is 6.12. The molecule has 138 valence electrons. The fourth-order valence-corrected chi connectivity index (χ4v) is 5.78. The summed E-state index contributed by atoms with van der Waals surface area (Å²) in [6.07, 6.45) is 3.58. The molecule has 1 aromatic rings. The molecule has 0 spiro atoms. The molecule has 2 aliphatic rings. The van der Waals surface area contributed by atoms with Gasteiger partial charge >= 0.3 is 0 Å². The normalized spacial score (nSPS) is 29.7. The monoisotopic (exact) mass is 396 g/mol. The zero-order valence-electron chi connectivity index (χ0n) is 15.6. The Morgan fingerprint density at radius 3 is 2.37 bits per heavy atom. The summed E-state index contributed by atoms with van der Waals surface area (Å²) in [5.41, 5.74) is -0.944. The highest BCUT2D eigenvalue weighted by Gasteiger charge is 2.57. The summed E-state index contributed by atoms with van der Waals surface area (Å²) >= 11 is 7.58. The Kier molecular flexibility index (Phi) is 4.94. The van der Waals surface area contributed by atoms with Crippen LogP contribution in [-0.4, -0.2) is 5.71 Å². The van der Waals surface area contributed by atoms with Crippen molar-refractivity contribution in [2.75, 3.05) is 0 Å². The average Bonchev–Trinajstić information content (AvgIpc) is 3.06. The number of thiophene rings is 1. The van der Waals surface area contributed by atoms with Gasteiger partial charge in [-0.3, -0.25) is 0 Å². The lowest BCUT2D eigenvalue weighted by Gasteiger charge is -2.48. The molecule has 0 unspecified atom stereocenters. The minimum atomic E-state index is -1.63. The Balaban J connectivity index is 2.21. The number of rotatable bonds is 1. The first-order valence-corrected chi connectivity index (χ1v) is 10.2. The van der Waals surface area contributed by atoms with Crippen molar-refractivity contribution in [3.8, 4) is 18.2 Å². The second-order valence-electron chi connectivity index (χ2n) is 8.46. The van der Waals surface area contributed by atoms with Crippen molar-refractivity contribution in [2.24, 2.45) is 28.6 Å². The molecule has 6 heteroatoms. The maximum atomic E-state index is 9.88. The maximum Gasteiger partial charge on any atom is 0.203 e. The molecule has 1 N–H and O–H groups in total. The molecule has 3 rings (SSSR count). The van der Waals surface area contributed by atoms with Crippen LogP contribution in [0.15, 0.2) is 23.8 Å². The van der Waals surface area contributed by atoms with Crippen LogP contribution in [0, 0.1) is 68.0 Å². The van der Waals surface area contributed by atoms with E-state index in [-0.39, 0.29) is 23.0 Å². The Labute approximate surface area is 169 Å². The quantitative estimate of drug-likeness (QED) is 0.617. The molecule has 0 radical (unpaired) electrons. The first kappa shape index (κ1) is 19.6. The van der Waals surface area contributed by atoms with Crippen LogP contribution in [0.4, 0.5) is 0 Å². The second-order valence-corrected chi connectivity index (χ2v) is 10.2. The number of nitriles is 3. The molecule has 0 saturated heterocycles. The van der Waals surface area contributed by atoms with Crippen LogP contribution in [0.3, 0.4) is 0 Å². The smallest absolute Gasteiger partial charge is 0.203 e. The van der Waals surface area contributed by atoms with Gasteiger partial charge in [0.15, 0.2) is 0 Å². The second kappa shape index (κ2) is 6.79. The van der Waals surface area contributed by atoms with Crippen molar-refractivity contribution in [1.82, 2.24) is 0 Å². The molecular formula is C21H21ClN4S. The molecule has 1 saturated carbocycles. The number of hydrogen-bond acceptors (Lipinski definition) is 5. The minimum Gasteiger partial charge on any atom is -0.305 e. The van der Waals surface area contributed by atoms with Crippen molar-refractivity contribution in [3.63, 3.8) is 0 Å². The van der Waals surface area contributed by atoms with Gasteiger partial charge in [-0.2, -0.15) is 15.8 Å². The number of halogens is 1. The number of nitrogens with zero attached hydrogens (tertiary/aromatic N) is 3. The van der Waals surface area contributed by atoms with Gasteiger partial charge < -0.3 is 5.41 Å². The zero-order valence-corrected chi connectivity index (χ0v) is 17.2. The predicted molar refractivity (Wildman–Crippen MR) is 106 cm³/mol. The number of allylic oxidation sites excluding steroid dienone is 2. The van der Waals surface area contributed by atoms with Gasteiger partial charge in [0.2, 0.25) is 5.41 Å². The highest BCUT2D eigenvalue weighted by atomic mass is 35.5. The molecular weight excluding hydrogens is 376 g/mol. The van der Waals surface area contributed by atoms with Crippen molar-refractivity contribution in [2.45, 2.75) is 39.5 Å². The topological polar surface area (TPSA) is 95.2 Å². The van der Waals surface area contributed by atoms with Crippen LogP contribution in [0.5, 0.6) is 0 Å². The van der Waals surface area contributed by atoms with E-state index in [0.29, 0.717) is 15.8 Å².